The number of nitrogens with one attached hydrogen (secondary N) is 1. The Bertz CT molecular complexity index is 278. The van der Waals surface area contributed by atoms with Crippen LogP contribution in [0.15, 0.2) is 0 Å². The zero-order valence-corrected chi connectivity index (χ0v) is 10.5. The Balaban J connectivity index is 2.60. The van der Waals surface area contributed by atoms with Crippen LogP contribution in [0, 0.1) is 0 Å². The third-order valence-electron chi connectivity index (χ3n) is 2.97. The molecule has 5 heteroatoms. The Labute approximate surface area is 96.8 Å². The molecule has 0 aromatic heterocycles. The smallest absolute Gasteiger partial charge is 0.242 e. The van der Waals surface area contributed by atoms with Gasteiger partial charge in [0, 0.05) is 6.04 Å². The van der Waals surface area contributed by atoms with E-state index in [1.807, 2.05) is 21.0 Å². The zero-order valence-electron chi connectivity index (χ0n) is 10.5. The van der Waals surface area contributed by atoms with E-state index in [-0.39, 0.29) is 30.4 Å². The van der Waals surface area contributed by atoms with Crippen molar-refractivity contribution < 1.29 is 9.59 Å². The van der Waals surface area contributed by atoms with Crippen LogP contribution in [0.3, 0.4) is 0 Å². The monoisotopic (exact) mass is 227 g/mol. The van der Waals surface area contributed by atoms with E-state index in [0.717, 1.165) is 13.0 Å². The highest BCUT2D eigenvalue weighted by Gasteiger charge is 2.33. The summed E-state index contributed by atoms with van der Waals surface area (Å²) < 4.78 is 0. The van der Waals surface area contributed by atoms with Gasteiger partial charge in [-0.05, 0) is 40.9 Å². The van der Waals surface area contributed by atoms with Crippen molar-refractivity contribution in [2.24, 2.45) is 0 Å². The van der Waals surface area contributed by atoms with E-state index < -0.39 is 0 Å². The molecule has 2 unspecified atom stereocenters. The normalized spacial score (nSPS) is 23.6. The van der Waals surface area contributed by atoms with Crippen LogP contribution in [-0.2, 0) is 9.59 Å². The first-order valence-corrected chi connectivity index (χ1v) is 5.67. The second-order valence-electron chi connectivity index (χ2n) is 4.64. The van der Waals surface area contributed by atoms with E-state index in [4.69, 9.17) is 0 Å². The van der Waals surface area contributed by atoms with Crippen LogP contribution in [-0.4, -0.2) is 60.9 Å². The first-order chi connectivity index (χ1) is 7.43. The van der Waals surface area contributed by atoms with Crippen molar-refractivity contribution in [3.63, 3.8) is 0 Å². The number of hydrogen-bond acceptors (Lipinski definition) is 3. The lowest BCUT2D eigenvalue weighted by Gasteiger charge is -2.37. The molecule has 0 radical (unpaired) electrons. The van der Waals surface area contributed by atoms with Gasteiger partial charge in [-0.3, -0.25) is 9.59 Å². The molecule has 1 aliphatic rings. The van der Waals surface area contributed by atoms with Crippen molar-refractivity contribution in [1.29, 1.82) is 0 Å². The van der Waals surface area contributed by atoms with Gasteiger partial charge >= 0.3 is 0 Å². The molecule has 2 amide bonds. The third-order valence-corrected chi connectivity index (χ3v) is 2.97. The summed E-state index contributed by atoms with van der Waals surface area (Å²) in [6.45, 7) is 4.82. The number of carbonyl (C=O) groups excluding carboxylic acids is 2. The molecular weight excluding hydrogens is 206 g/mol. The molecule has 0 spiro atoms. The van der Waals surface area contributed by atoms with Gasteiger partial charge in [0.25, 0.3) is 0 Å². The highest BCUT2D eigenvalue weighted by molar-refractivity contribution is 5.94. The zero-order chi connectivity index (χ0) is 12.3. The summed E-state index contributed by atoms with van der Waals surface area (Å²) in [6.07, 6.45) is 0.885. The molecule has 1 saturated heterocycles. The number of hydrogen-bond donors (Lipinski definition) is 1. The summed E-state index contributed by atoms with van der Waals surface area (Å²) in [5, 5.41) is 2.59. The van der Waals surface area contributed by atoms with E-state index in [9.17, 15) is 9.59 Å². The number of carbonyl (C=O) groups is 2. The Morgan fingerprint density at radius 1 is 1.50 bits per heavy atom. The van der Waals surface area contributed by atoms with Gasteiger partial charge < -0.3 is 15.1 Å². The number of piperazine rings is 1. The fourth-order valence-electron chi connectivity index (χ4n) is 1.96. The van der Waals surface area contributed by atoms with Gasteiger partial charge in [-0.2, -0.15) is 0 Å². The molecule has 1 fully saturated rings. The lowest BCUT2D eigenvalue weighted by molar-refractivity contribution is -0.147. The number of amides is 2. The summed E-state index contributed by atoms with van der Waals surface area (Å²) in [5.41, 5.74) is 0. The van der Waals surface area contributed by atoms with Crippen LogP contribution >= 0.6 is 0 Å². The molecule has 0 aromatic carbocycles. The van der Waals surface area contributed by atoms with Crippen LogP contribution in [0.2, 0.25) is 0 Å². The molecule has 2 atom stereocenters. The first-order valence-electron chi connectivity index (χ1n) is 5.67. The first kappa shape index (κ1) is 13.0. The van der Waals surface area contributed by atoms with Crippen molar-refractivity contribution in [2.45, 2.75) is 32.4 Å². The average Bonchev–Trinajstić information content (AvgIpc) is 2.21. The fourth-order valence-corrected chi connectivity index (χ4v) is 1.96. The maximum absolute atomic E-state index is 11.7. The van der Waals surface area contributed by atoms with E-state index >= 15 is 0 Å². The maximum Gasteiger partial charge on any atom is 0.242 e. The summed E-state index contributed by atoms with van der Waals surface area (Å²) in [5.74, 6) is -0.0466. The van der Waals surface area contributed by atoms with Gasteiger partial charge in [-0.25, -0.2) is 0 Å². The number of rotatable bonds is 4. The Morgan fingerprint density at radius 2 is 2.12 bits per heavy atom. The molecule has 0 saturated carbocycles. The van der Waals surface area contributed by atoms with Crippen molar-refractivity contribution in [3.8, 4) is 0 Å². The largest absolute Gasteiger partial charge is 0.345 e. The van der Waals surface area contributed by atoms with Gasteiger partial charge in [-0.15, -0.1) is 0 Å². The molecule has 0 aromatic rings. The standard InChI is InChI=1S/C11H21N3O2/c1-8(5-6-13(3)4)14-9(2)11(16)12-7-10(14)15/h8-9H,5-7H2,1-4H3,(H,12,16). The molecular formula is C11H21N3O2. The van der Waals surface area contributed by atoms with E-state index in [0.29, 0.717) is 0 Å². The lowest BCUT2D eigenvalue weighted by Crippen LogP contribution is -2.60. The van der Waals surface area contributed by atoms with E-state index in [1.54, 1.807) is 11.8 Å². The van der Waals surface area contributed by atoms with Crippen molar-refractivity contribution in [2.75, 3.05) is 27.2 Å². The fraction of sp³-hybridized carbons (Fsp3) is 0.818. The van der Waals surface area contributed by atoms with E-state index in [1.165, 1.54) is 0 Å². The lowest BCUT2D eigenvalue weighted by atomic mass is 10.1. The van der Waals surface area contributed by atoms with Gasteiger partial charge in [-0.1, -0.05) is 0 Å². The SMILES string of the molecule is CC(CCN(C)C)N1C(=O)CNC(=O)C1C. The molecule has 16 heavy (non-hydrogen) atoms. The average molecular weight is 227 g/mol. The van der Waals surface area contributed by atoms with Crippen molar-refractivity contribution >= 4 is 11.8 Å². The Kier molecular flexibility index (Phi) is 4.29. The van der Waals surface area contributed by atoms with Gasteiger partial charge in [0.2, 0.25) is 11.8 Å². The quantitative estimate of drug-likeness (QED) is 0.716. The molecule has 1 N–H and O–H groups in total. The second-order valence-corrected chi connectivity index (χ2v) is 4.64. The van der Waals surface area contributed by atoms with Gasteiger partial charge in [0.1, 0.15) is 6.04 Å². The molecule has 0 aliphatic carbocycles. The minimum absolute atomic E-state index is 0.0124. The number of nitrogens with zero attached hydrogens (tertiary/aromatic N) is 2. The van der Waals surface area contributed by atoms with Gasteiger partial charge in [0.05, 0.1) is 6.54 Å². The molecule has 0 bridgehead atoms. The minimum Gasteiger partial charge on any atom is -0.345 e. The maximum atomic E-state index is 11.7. The summed E-state index contributed by atoms with van der Waals surface area (Å²) in [6, 6.07) is -0.241. The molecule has 5 nitrogen and oxygen atoms in total. The molecule has 92 valence electrons. The van der Waals surface area contributed by atoms with Crippen molar-refractivity contribution in [3.05, 3.63) is 0 Å². The molecule has 1 rings (SSSR count). The minimum atomic E-state index is -0.349. The van der Waals surface area contributed by atoms with Crippen LogP contribution < -0.4 is 5.32 Å². The van der Waals surface area contributed by atoms with Crippen LogP contribution in [0.1, 0.15) is 20.3 Å². The summed E-state index contributed by atoms with van der Waals surface area (Å²) in [7, 11) is 4.00. The Morgan fingerprint density at radius 3 is 2.69 bits per heavy atom. The predicted octanol–water partition coefficient (Wildman–Crippen LogP) is -0.326. The summed E-state index contributed by atoms with van der Waals surface area (Å²) in [4.78, 5) is 27.0. The third kappa shape index (κ3) is 2.95. The summed E-state index contributed by atoms with van der Waals surface area (Å²) >= 11 is 0. The van der Waals surface area contributed by atoms with Crippen molar-refractivity contribution in [1.82, 2.24) is 15.1 Å². The Hall–Kier alpha value is -1.10. The van der Waals surface area contributed by atoms with Crippen LogP contribution in [0.4, 0.5) is 0 Å². The van der Waals surface area contributed by atoms with Gasteiger partial charge in [0.15, 0.2) is 0 Å². The van der Waals surface area contributed by atoms with Crippen LogP contribution in [0.5, 0.6) is 0 Å². The second kappa shape index (κ2) is 5.30. The van der Waals surface area contributed by atoms with E-state index in [2.05, 4.69) is 10.2 Å². The van der Waals surface area contributed by atoms with Crippen LogP contribution in [0.25, 0.3) is 0 Å². The highest BCUT2D eigenvalue weighted by atomic mass is 16.2. The predicted molar refractivity (Wildman–Crippen MR) is 62.0 cm³/mol. The molecule has 1 heterocycles. The molecule has 1 aliphatic heterocycles. The topological polar surface area (TPSA) is 52.6 Å². The highest BCUT2D eigenvalue weighted by Crippen LogP contribution is 2.13.